The highest BCUT2D eigenvalue weighted by atomic mass is 19.4. The van der Waals surface area contributed by atoms with Gasteiger partial charge in [-0.1, -0.05) is 6.07 Å². The zero-order chi connectivity index (χ0) is 29.1. The number of amides is 1. The van der Waals surface area contributed by atoms with Crippen molar-refractivity contribution in [1.82, 2.24) is 4.90 Å². The van der Waals surface area contributed by atoms with E-state index in [0.29, 0.717) is 60.3 Å². The second-order valence-corrected chi connectivity index (χ2v) is 10.5. The summed E-state index contributed by atoms with van der Waals surface area (Å²) in [6.07, 6.45) is -4.50. The zero-order valence-electron chi connectivity index (χ0n) is 23.2. The van der Waals surface area contributed by atoms with Gasteiger partial charge in [-0.05, 0) is 68.1 Å². The molecule has 0 atom stereocenters. The molecule has 2 heterocycles. The molecule has 218 valence electrons. The summed E-state index contributed by atoms with van der Waals surface area (Å²) in [5.41, 5.74) is 9.77. The van der Waals surface area contributed by atoms with Crippen molar-refractivity contribution in [2.45, 2.75) is 13.1 Å². The summed E-state index contributed by atoms with van der Waals surface area (Å²) in [5.74, 6) is -0.354. The molecule has 2 aliphatic heterocycles. The number of aryl methyl sites for hydroxylation is 1. The van der Waals surface area contributed by atoms with Crippen LogP contribution in [0.25, 0.3) is 0 Å². The van der Waals surface area contributed by atoms with Gasteiger partial charge in [-0.25, -0.2) is 0 Å². The molecule has 0 aromatic heterocycles. The Hall–Kier alpha value is -3.96. The quantitative estimate of drug-likeness (QED) is 0.354. The number of hydrogen-bond donors (Lipinski definition) is 3. The normalized spacial score (nSPS) is 16.5. The second-order valence-electron chi connectivity index (χ2n) is 10.5. The van der Waals surface area contributed by atoms with E-state index in [-0.39, 0.29) is 5.91 Å². The average molecular weight is 569 g/mol. The molecular weight excluding hydrogens is 533 g/mol. The van der Waals surface area contributed by atoms with E-state index in [1.165, 1.54) is 0 Å². The molecule has 0 radical (unpaired) electrons. The lowest BCUT2D eigenvalue weighted by Gasteiger charge is -2.34. The number of anilines is 6. The van der Waals surface area contributed by atoms with E-state index in [2.05, 4.69) is 27.5 Å². The van der Waals surface area contributed by atoms with Crippen LogP contribution in [0, 0.1) is 6.92 Å². The topological polar surface area (TPSA) is 86.1 Å². The summed E-state index contributed by atoms with van der Waals surface area (Å²) >= 11 is 0. The summed E-state index contributed by atoms with van der Waals surface area (Å²) in [7, 11) is 2.08. The number of ether oxygens (including phenoxy) is 1. The van der Waals surface area contributed by atoms with Crippen molar-refractivity contribution in [3.63, 3.8) is 0 Å². The second kappa shape index (κ2) is 11.9. The minimum Gasteiger partial charge on any atom is -0.398 e. The van der Waals surface area contributed by atoms with Crippen LogP contribution >= 0.6 is 0 Å². The highest BCUT2D eigenvalue weighted by Crippen LogP contribution is 2.36. The Kier molecular flexibility index (Phi) is 8.27. The molecule has 0 aliphatic carbocycles. The Labute approximate surface area is 237 Å². The van der Waals surface area contributed by atoms with Crippen molar-refractivity contribution < 1.29 is 22.7 Å². The zero-order valence-corrected chi connectivity index (χ0v) is 23.2. The molecule has 1 amide bonds. The molecule has 3 aromatic carbocycles. The fourth-order valence-corrected chi connectivity index (χ4v) is 5.04. The number of morpholine rings is 1. The third kappa shape index (κ3) is 6.86. The van der Waals surface area contributed by atoms with Crippen LogP contribution in [0.1, 0.15) is 21.5 Å². The standard InChI is InChI=1S/C30H35F3N6O2/c1-20-3-4-22(35-23-15-21(30(31,32)33)16-25(17-23)39-11-13-41-14-12-39)18-28(20)36-29(40)26-19-24(5-6-27(26)34)38-9-7-37(2)8-10-38/h3-6,15-19,35H,7-14,34H2,1-2H3,(H,36,40). The first-order chi connectivity index (χ1) is 19.6. The molecule has 0 spiro atoms. The van der Waals surface area contributed by atoms with E-state index in [9.17, 15) is 18.0 Å². The Morgan fingerprint density at radius 3 is 2.27 bits per heavy atom. The molecular formula is C30H35F3N6O2. The predicted molar refractivity (Wildman–Crippen MR) is 157 cm³/mol. The lowest BCUT2D eigenvalue weighted by atomic mass is 10.1. The molecule has 3 aromatic rings. The summed E-state index contributed by atoms with van der Waals surface area (Å²) in [6.45, 7) is 7.39. The highest BCUT2D eigenvalue weighted by molar-refractivity contribution is 6.09. The third-order valence-corrected chi connectivity index (χ3v) is 7.55. The number of hydrogen-bond acceptors (Lipinski definition) is 7. The Bertz CT molecular complexity index is 1400. The van der Waals surface area contributed by atoms with Gasteiger partial charge >= 0.3 is 6.18 Å². The largest absolute Gasteiger partial charge is 0.416 e. The van der Waals surface area contributed by atoms with E-state index < -0.39 is 11.7 Å². The van der Waals surface area contributed by atoms with Crippen LogP contribution in [0.3, 0.4) is 0 Å². The number of carbonyl (C=O) groups excluding carboxylic acids is 1. The van der Waals surface area contributed by atoms with Gasteiger partial charge < -0.3 is 35.8 Å². The summed E-state index contributed by atoms with van der Waals surface area (Å²) in [6, 6.07) is 14.7. The van der Waals surface area contributed by atoms with E-state index in [0.717, 1.165) is 49.6 Å². The molecule has 11 heteroatoms. The number of nitrogens with zero attached hydrogens (tertiary/aromatic N) is 3. The number of nitrogen functional groups attached to an aromatic ring is 1. The maximum atomic E-state index is 13.7. The Balaban J connectivity index is 1.37. The number of carbonyl (C=O) groups is 1. The van der Waals surface area contributed by atoms with Crippen LogP contribution in [-0.2, 0) is 10.9 Å². The molecule has 41 heavy (non-hydrogen) atoms. The van der Waals surface area contributed by atoms with E-state index in [1.54, 1.807) is 30.3 Å². The number of likely N-dealkylation sites (N-methyl/N-ethyl adjacent to an activating group) is 1. The number of alkyl halides is 3. The van der Waals surface area contributed by atoms with Crippen LogP contribution in [0.15, 0.2) is 54.6 Å². The van der Waals surface area contributed by atoms with Crippen molar-refractivity contribution in [3.05, 3.63) is 71.3 Å². The number of piperazine rings is 1. The lowest BCUT2D eigenvalue weighted by molar-refractivity contribution is -0.137. The average Bonchev–Trinajstić information content (AvgIpc) is 2.95. The Morgan fingerprint density at radius 2 is 1.56 bits per heavy atom. The maximum absolute atomic E-state index is 13.7. The van der Waals surface area contributed by atoms with Crippen molar-refractivity contribution in [2.75, 3.05) is 85.7 Å². The summed E-state index contributed by atoms with van der Waals surface area (Å²) in [5, 5.41) is 6.04. The molecule has 5 rings (SSSR count). The molecule has 2 fully saturated rings. The first-order valence-electron chi connectivity index (χ1n) is 13.6. The highest BCUT2D eigenvalue weighted by Gasteiger charge is 2.32. The van der Waals surface area contributed by atoms with Gasteiger partial charge in [-0.3, -0.25) is 4.79 Å². The smallest absolute Gasteiger partial charge is 0.398 e. The lowest BCUT2D eigenvalue weighted by Crippen LogP contribution is -2.44. The number of benzene rings is 3. The molecule has 0 bridgehead atoms. The van der Waals surface area contributed by atoms with Crippen LogP contribution in [0.2, 0.25) is 0 Å². The van der Waals surface area contributed by atoms with Crippen LogP contribution in [0.4, 0.5) is 47.3 Å². The van der Waals surface area contributed by atoms with Crippen LogP contribution in [-0.4, -0.2) is 70.3 Å². The predicted octanol–water partition coefficient (Wildman–Crippen LogP) is 5.18. The van der Waals surface area contributed by atoms with Crippen LogP contribution < -0.4 is 26.2 Å². The minimum atomic E-state index is -4.50. The molecule has 0 unspecified atom stereocenters. The molecule has 2 aliphatic rings. The van der Waals surface area contributed by atoms with Gasteiger partial charge in [0.25, 0.3) is 5.91 Å². The monoisotopic (exact) mass is 568 g/mol. The number of nitrogens with two attached hydrogens (primary N) is 1. The molecule has 4 N–H and O–H groups in total. The number of rotatable bonds is 6. The van der Waals surface area contributed by atoms with Gasteiger partial charge in [0, 0.05) is 73.4 Å². The number of nitrogens with one attached hydrogen (secondary N) is 2. The Morgan fingerprint density at radius 1 is 0.854 bits per heavy atom. The maximum Gasteiger partial charge on any atom is 0.416 e. The van der Waals surface area contributed by atoms with Crippen molar-refractivity contribution in [3.8, 4) is 0 Å². The van der Waals surface area contributed by atoms with E-state index >= 15 is 0 Å². The molecule has 2 saturated heterocycles. The van der Waals surface area contributed by atoms with Gasteiger partial charge in [0.1, 0.15) is 0 Å². The summed E-state index contributed by atoms with van der Waals surface area (Å²) in [4.78, 5) is 19.7. The van der Waals surface area contributed by atoms with Gasteiger partial charge in [0.15, 0.2) is 0 Å². The molecule has 8 nitrogen and oxygen atoms in total. The van der Waals surface area contributed by atoms with Gasteiger partial charge in [-0.15, -0.1) is 0 Å². The summed E-state index contributed by atoms with van der Waals surface area (Å²) < 4.78 is 46.6. The van der Waals surface area contributed by atoms with Crippen molar-refractivity contribution in [2.24, 2.45) is 0 Å². The van der Waals surface area contributed by atoms with Crippen LogP contribution in [0.5, 0.6) is 0 Å². The van der Waals surface area contributed by atoms with Crippen molar-refractivity contribution in [1.29, 1.82) is 0 Å². The fraction of sp³-hybridized carbons (Fsp3) is 0.367. The third-order valence-electron chi connectivity index (χ3n) is 7.55. The molecule has 0 saturated carbocycles. The van der Waals surface area contributed by atoms with E-state index in [1.807, 2.05) is 24.0 Å². The van der Waals surface area contributed by atoms with E-state index in [4.69, 9.17) is 10.5 Å². The van der Waals surface area contributed by atoms with Gasteiger partial charge in [0.2, 0.25) is 0 Å². The fourth-order valence-electron chi connectivity index (χ4n) is 5.04. The van der Waals surface area contributed by atoms with Gasteiger partial charge in [-0.2, -0.15) is 13.2 Å². The van der Waals surface area contributed by atoms with Crippen molar-refractivity contribution >= 4 is 40.0 Å². The minimum absolute atomic E-state index is 0.298. The first kappa shape index (κ1) is 28.6. The first-order valence-corrected chi connectivity index (χ1v) is 13.6. The van der Waals surface area contributed by atoms with Gasteiger partial charge in [0.05, 0.1) is 24.3 Å². The number of halogens is 3. The SMILES string of the molecule is Cc1ccc(Nc2cc(N3CCOCC3)cc(C(F)(F)F)c2)cc1NC(=O)c1cc(N2CCN(C)CC2)ccc1N.